The fraction of sp³-hybridized carbons (Fsp3) is 0.571. The van der Waals surface area contributed by atoms with Gasteiger partial charge in [0.05, 0.1) is 27.9 Å². The molecular weight excluding hydrogens is 264 g/mol. The second-order valence-electron chi connectivity index (χ2n) is 4.32. The molecule has 1 heterocycles. The molecule has 0 N–H and O–H groups in total. The van der Waals surface area contributed by atoms with E-state index in [0.717, 1.165) is 5.56 Å². The van der Waals surface area contributed by atoms with E-state index in [2.05, 4.69) is 0 Å². The van der Waals surface area contributed by atoms with Crippen LogP contribution in [-0.4, -0.2) is 47.9 Å². The minimum Gasteiger partial charge on any atom is -0.493 e. The Labute approximate surface area is 118 Å². The minimum absolute atomic E-state index is 0.0351. The van der Waals surface area contributed by atoms with E-state index < -0.39 is 0 Å². The van der Waals surface area contributed by atoms with Crippen molar-refractivity contribution < 1.29 is 28.4 Å². The normalized spacial score (nSPS) is 18.5. The van der Waals surface area contributed by atoms with Gasteiger partial charge in [-0.15, -0.1) is 0 Å². The zero-order chi connectivity index (χ0) is 14.5. The third kappa shape index (κ3) is 3.15. The van der Waals surface area contributed by atoms with Crippen molar-refractivity contribution in [1.82, 2.24) is 0 Å². The second kappa shape index (κ2) is 6.78. The van der Waals surface area contributed by atoms with Gasteiger partial charge in [0.15, 0.2) is 11.5 Å². The van der Waals surface area contributed by atoms with Crippen LogP contribution in [0.4, 0.5) is 0 Å². The molecule has 0 aliphatic carbocycles. The summed E-state index contributed by atoms with van der Waals surface area (Å²) in [5.41, 5.74) is 0.902. The molecule has 0 unspecified atom stereocenters. The predicted octanol–water partition coefficient (Wildman–Crippen LogP) is 1.77. The Morgan fingerprint density at radius 2 is 1.70 bits per heavy atom. The van der Waals surface area contributed by atoms with E-state index in [1.807, 2.05) is 12.1 Å². The van der Waals surface area contributed by atoms with Crippen LogP contribution in [0.3, 0.4) is 0 Å². The number of epoxide rings is 1. The molecule has 1 aromatic carbocycles. The highest BCUT2D eigenvalue weighted by molar-refractivity contribution is 5.54. The molecule has 0 radical (unpaired) electrons. The minimum atomic E-state index is -0.219. The molecule has 0 bridgehead atoms. The molecule has 20 heavy (non-hydrogen) atoms. The average molecular weight is 284 g/mol. The highest BCUT2D eigenvalue weighted by atomic mass is 16.7. The molecule has 6 nitrogen and oxygen atoms in total. The summed E-state index contributed by atoms with van der Waals surface area (Å²) in [7, 11) is 6.32. The van der Waals surface area contributed by atoms with E-state index >= 15 is 0 Å². The first-order valence-corrected chi connectivity index (χ1v) is 6.27. The van der Waals surface area contributed by atoms with Crippen molar-refractivity contribution in [1.29, 1.82) is 0 Å². The van der Waals surface area contributed by atoms with Crippen LogP contribution in [0.1, 0.15) is 11.7 Å². The standard InChI is InChI=1S/C14H20O6/c1-15-8-20-13(12-7-19-12)9-5-10(16-2)14(18-4)11(6-9)17-3/h5-6,12-13H,7-8H2,1-4H3/t12-,13-/m1/s1. The Morgan fingerprint density at radius 1 is 1.10 bits per heavy atom. The number of hydrogen-bond donors (Lipinski definition) is 0. The lowest BCUT2D eigenvalue weighted by Crippen LogP contribution is -2.13. The van der Waals surface area contributed by atoms with Gasteiger partial charge >= 0.3 is 0 Å². The third-order valence-corrected chi connectivity index (χ3v) is 3.08. The fourth-order valence-corrected chi connectivity index (χ4v) is 2.06. The monoisotopic (exact) mass is 284 g/mol. The summed E-state index contributed by atoms with van der Waals surface area (Å²) < 4.78 is 32.0. The van der Waals surface area contributed by atoms with Gasteiger partial charge in [0.2, 0.25) is 5.75 Å². The van der Waals surface area contributed by atoms with Crippen molar-refractivity contribution in [3.63, 3.8) is 0 Å². The number of ether oxygens (including phenoxy) is 6. The number of rotatable bonds is 8. The molecule has 2 atom stereocenters. The number of benzene rings is 1. The molecule has 2 rings (SSSR count). The van der Waals surface area contributed by atoms with E-state index in [1.165, 1.54) is 0 Å². The molecule has 1 aliphatic heterocycles. The highest BCUT2D eigenvalue weighted by Gasteiger charge is 2.36. The van der Waals surface area contributed by atoms with Crippen LogP contribution < -0.4 is 14.2 Å². The van der Waals surface area contributed by atoms with Gasteiger partial charge in [-0.3, -0.25) is 0 Å². The lowest BCUT2D eigenvalue weighted by Gasteiger charge is -2.19. The SMILES string of the molecule is COCO[C@H](c1cc(OC)c(OC)c(OC)c1)[C@H]1CO1. The Kier molecular flexibility index (Phi) is 5.05. The van der Waals surface area contributed by atoms with Crippen LogP contribution in [0.15, 0.2) is 12.1 Å². The van der Waals surface area contributed by atoms with Crippen LogP contribution in [0, 0.1) is 0 Å². The Balaban J connectivity index is 2.33. The van der Waals surface area contributed by atoms with Crippen LogP contribution in [0.2, 0.25) is 0 Å². The smallest absolute Gasteiger partial charge is 0.203 e. The number of methoxy groups -OCH3 is 4. The highest BCUT2D eigenvalue weighted by Crippen LogP contribution is 2.42. The molecule has 1 aliphatic rings. The van der Waals surface area contributed by atoms with Crippen LogP contribution >= 0.6 is 0 Å². The molecule has 0 spiro atoms. The van der Waals surface area contributed by atoms with Gasteiger partial charge in [-0.25, -0.2) is 0 Å². The third-order valence-electron chi connectivity index (χ3n) is 3.08. The van der Waals surface area contributed by atoms with E-state index in [-0.39, 0.29) is 19.0 Å². The van der Waals surface area contributed by atoms with Crippen molar-refractivity contribution >= 4 is 0 Å². The van der Waals surface area contributed by atoms with E-state index in [1.54, 1.807) is 28.4 Å². The lowest BCUT2D eigenvalue weighted by atomic mass is 10.1. The summed E-state index contributed by atoms with van der Waals surface area (Å²) in [6.45, 7) is 0.867. The maximum absolute atomic E-state index is 5.67. The molecule has 1 saturated heterocycles. The second-order valence-corrected chi connectivity index (χ2v) is 4.32. The Morgan fingerprint density at radius 3 is 2.10 bits per heavy atom. The van der Waals surface area contributed by atoms with Crippen molar-refractivity contribution in [2.24, 2.45) is 0 Å². The Hall–Kier alpha value is -1.50. The molecule has 0 saturated carbocycles. The van der Waals surface area contributed by atoms with Crippen molar-refractivity contribution in [2.45, 2.75) is 12.2 Å². The molecule has 112 valence electrons. The van der Waals surface area contributed by atoms with E-state index in [0.29, 0.717) is 23.9 Å². The lowest BCUT2D eigenvalue weighted by molar-refractivity contribution is -0.0814. The first kappa shape index (κ1) is 14.9. The summed E-state index contributed by atoms with van der Waals surface area (Å²) in [4.78, 5) is 0. The summed E-state index contributed by atoms with van der Waals surface area (Å²) in [5, 5.41) is 0. The quantitative estimate of drug-likeness (QED) is 0.535. The van der Waals surface area contributed by atoms with E-state index in [4.69, 9.17) is 28.4 Å². The predicted molar refractivity (Wildman–Crippen MR) is 71.5 cm³/mol. The molecular formula is C14H20O6. The fourth-order valence-electron chi connectivity index (χ4n) is 2.06. The largest absolute Gasteiger partial charge is 0.493 e. The van der Waals surface area contributed by atoms with Gasteiger partial charge in [-0.1, -0.05) is 0 Å². The summed E-state index contributed by atoms with van der Waals surface area (Å²) in [5.74, 6) is 1.74. The average Bonchev–Trinajstić information content (AvgIpc) is 3.31. The first-order chi connectivity index (χ1) is 9.74. The first-order valence-electron chi connectivity index (χ1n) is 6.27. The van der Waals surface area contributed by atoms with Gasteiger partial charge in [0.25, 0.3) is 0 Å². The van der Waals surface area contributed by atoms with Crippen molar-refractivity contribution in [3.8, 4) is 17.2 Å². The van der Waals surface area contributed by atoms with Gasteiger partial charge in [0.1, 0.15) is 19.0 Å². The summed E-state index contributed by atoms with van der Waals surface area (Å²) in [6.07, 6.45) is -0.184. The van der Waals surface area contributed by atoms with Crippen LogP contribution in [0.5, 0.6) is 17.2 Å². The molecule has 0 amide bonds. The molecule has 0 aromatic heterocycles. The Bertz CT molecular complexity index is 418. The van der Waals surface area contributed by atoms with E-state index in [9.17, 15) is 0 Å². The maximum atomic E-state index is 5.67. The van der Waals surface area contributed by atoms with Gasteiger partial charge in [-0.2, -0.15) is 0 Å². The zero-order valence-corrected chi connectivity index (χ0v) is 12.2. The van der Waals surface area contributed by atoms with Crippen molar-refractivity contribution in [3.05, 3.63) is 17.7 Å². The molecule has 6 heteroatoms. The van der Waals surface area contributed by atoms with Gasteiger partial charge < -0.3 is 28.4 Å². The van der Waals surface area contributed by atoms with Crippen molar-refractivity contribution in [2.75, 3.05) is 41.8 Å². The maximum Gasteiger partial charge on any atom is 0.203 e. The molecule has 1 aromatic rings. The zero-order valence-electron chi connectivity index (χ0n) is 12.2. The summed E-state index contributed by atoms with van der Waals surface area (Å²) >= 11 is 0. The van der Waals surface area contributed by atoms with Crippen LogP contribution in [-0.2, 0) is 14.2 Å². The van der Waals surface area contributed by atoms with Gasteiger partial charge in [0, 0.05) is 7.11 Å². The summed E-state index contributed by atoms with van der Waals surface area (Å²) in [6, 6.07) is 3.73. The topological polar surface area (TPSA) is 58.7 Å². The van der Waals surface area contributed by atoms with Crippen LogP contribution in [0.25, 0.3) is 0 Å². The van der Waals surface area contributed by atoms with Gasteiger partial charge in [-0.05, 0) is 17.7 Å². The number of hydrogen-bond acceptors (Lipinski definition) is 6. The molecule has 1 fully saturated rings.